The van der Waals surface area contributed by atoms with Crippen LogP contribution in [0.4, 0.5) is 0 Å². The van der Waals surface area contributed by atoms with Crippen molar-refractivity contribution in [2.75, 3.05) is 12.4 Å². The lowest BCUT2D eigenvalue weighted by Gasteiger charge is -2.16. The van der Waals surface area contributed by atoms with Crippen molar-refractivity contribution < 1.29 is 4.74 Å². The Morgan fingerprint density at radius 3 is 2.45 bits per heavy atom. The van der Waals surface area contributed by atoms with Gasteiger partial charge in [0.05, 0.1) is 7.11 Å². The van der Waals surface area contributed by atoms with Crippen LogP contribution in [0, 0.1) is 5.92 Å². The zero-order valence-electron chi connectivity index (χ0n) is 11.5. The van der Waals surface area contributed by atoms with Crippen molar-refractivity contribution >= 4 is 31.9 Å². The maximum atomic E-state index is 5.31. The van der Waals surface area contributed by atoms with Crippen LogP contribution in [0.2, 0.25) is 0 Å². The van der Waals surface area contributed by atoms with Crippen molar-refractivity contribution in [3.63, 3.8) is 0 Å². The van der Waals surface area contributed by atoms with Gasteiger partial charge in [-0.1, -0.05) is 62.2 Å². The van der Waals surface area contributed by atoms with E-state index in [2.05, 4.69) is 74.3 Å². The average Bonchev–Trinajstić information content (AvgIpc) is 2.49. The third-order valence-corrected chi connectivity index (χ3v) is 5.04. The number of halogens is 2. The Hall–Kier alpha value is -0.800. The Labute approximate surface area is 137 Å². The van der Waals surface area contributed by atoms with Crippen LogP contribution >= 0.6 is 31.9 Å². The van der Waals surface area contributed by atoms with Gasteiger partial charge in [0.1, 0.15) is 5.75 Å². The molecule has 0 aliphatic carbocycles. The van der Waals surface area contributed by atoms with Crippen LogP contribution in [0.1, 0.15) is 11.1 Å². The first-order chi connectivity index (χ1) is 9.72. The number of rotatable bonds is 6. The van der Waals surface area contributed by atoms with E-state index in [-0.39, 0.29) is 0 Å². The Balaban J connectivity index is 2.10. The lowest BCUT2D eigenvalue weighted by atomic mass is 9.94. The summed E-state index contributed by atoms with van der Waals surface area (Å²) >= 11 is 7.28. The molecule has 2 aromatic carbocycles. The molecule has 1 nitrogen and oxygen atoms in total. The van der Waals surface area contributed by atoms with E-state index < -0.39 is 0 Å². The monoisotopic (exact) mass is 396 g/mol. The Kier molecular flexibility index (Phi) is 6.11. The normalized spacial score (nSPS) is 12.2. The van der Waals surface area contributed by atoms with Crippen LogP contribution in [0.5, 0.6) is 5.75 Å². The van der Waals surface area contributed by atoms with Crippen molar-refractivity contribution in [1.29, 1.82) is 0 Å². The summed E-state index contributed by atoms with van der Waals surface area (Å²) in [6.45, 7) is 0. The SMILES string of the molecule is COc1ccc(Br)c(CC(CBr)Cc2ccccc2)c1. The van der Waals surface area contributed by atoms with E-state index in [1.165, 1.54) is 11.1 Å². The van der Waals surface area contributed by atoms with Crippen molar-refractivity contribution in [2.45, 2.75) is 12.8 Å². The minimum atomic E-state index is 0.570. The minimum absolute atomic E-state index is 0.570. The molecule has 0 saturated heterocycles. The Morgan fingerprint density at radius 2 is 1.80 bits per heavy atom. The molecule has 0 aliphatic rings. The predicted octanol–water partition coefficient (Wildman–Crippen LogP) is 5.25. The second kappa shape index (κ2) is 7.84. The molecule has 0 aliphatic heterocycles. The smallest absolute Gasteiger partial charge is 0.119 e. The fraction of sp³-hybridized carbons (Fsp3) is 0.294. The molecule has 0 heterocycles. The summed E-state index contributed by atoms with van der Waals surface area (Å²) in [5, 5.41) is 0.992. The molecule has 20 heavy (non-hydrogen) atoms. The summed E-state index contributed by atoms with van der Waals surface area (Å²) < 4.78 is 6.46. The highest BCUT2D eigenvalue weighted by Crippen LogP contribution is 2.26. The molecule has 1 unspecified atom stereocenters. The second-order valence-corrected chi connectivity index (χ2v) is 6.37. The molecule has 3 heteroatoms. The average molecular weight is 398 g/mol. The van der Waals surface area contributed by atoms with Crippen LogP contribution in [0.25, 0.3) is 0 Å². The lowest BCUT2D eigenvalue weighted by Crippen LogP contribution is -2.10. The minimum Gasteiger partial charge on any atom is -0.497 e. The van der Waals surface area contributed by atoms with Crippen molar-refractivity contribution in [3.8, 4) is 5.75 Å². The van der Waals surface area contributed by atoms with E-state index in [4.69, 9.17) is 4.74 Å². The molecule has 0 saturated carbocycles. The summed E-state index contributed by atoms with van der Waals surface area (Å²) in [5.74, 6) is 1.48. The predicted molar refractivity (Wildman–Crippen MR) is 91.8 cm³/mol. The van der Waals surface area contributed by atoms with Crippen LogP contribution < -0.4 is 4.74 Å². The van der Waals surface area contributed by atoms with E-state index in [9.17, 15) is 0 Å². The molecule has 0 radical (unpaired) electrons. The molecule has 1 atom stereocenters. The molecular weight excluding hydrogens is 380 g/mol. The van der Waals surface area contributed by atoms with Gasteiger partial charge >= 0.3 is 0 Å². The Bertz CT molecular complexity index is 540. The van der Waals surface area contributed by atoms with Crippen molar-refractivity contribution in [3.05, 3.63) is 64.1 Å². The quantitative estimate of drug-likeness (QED) is 0.604. The maximum Gasteiger partial charge on any atom is 0.119 e. The maximum absolute atomic E-state index is 5.31. The van der Waals surface area contributed by atoms with Crippen molar-refractivity contribution in [1.82, 2.24) is 0 Å². The van der Waals surface area contributed by atoms with Gasteiger partial charge in [-0.3, -0.25) is 0 Å². The van der Waals surface area contributed by atoms with Gasteiger partial charge in [0, 0.05) is 9.80 Å². The van der Waals surface area contributed by atoms with Crippen LogP contribution in [-0.2, 0) is 12.8 Å². The number of alkyl halides is 1. The summed E-state index contributed by atoms with van der Waals surface area (Å²) in [5.41, 5.74) is 2.68. The van der Waals surface area contributed by atoms with Gasteiger partial charge in [-0.05, 0) is 48.1 Å². The molecule has 0 aromatic heterocycles. The number of hydrogen-bond acceptors (Lipinski definition) is 1. The zero-order valence-corrected chi connectivity index (χ0v) is 14.7. The van der Waals surface area contributed by atoms with Crippen LogP contribution in [-0.4, -0.2) is 12.4 Å². The molecule has 0 amide bonds. The van der Waals surface area contributed by atoms with E-state index >= 15 is 0 Å². The van der Waals surface area contributed by atoms with Crippen LogP contribution in [0.3, 0.4) is 0 Å². The summed E-state index contributed by atoms with van der Waals surface area (Å²) in [7, 11) is 1.71. The Morgan fingerprint density at radius 1 is 1.05 bits per heavy atom. The number of hydrogen-bond donors (Lipinski definition) is 0. The third-order valence-electron chi connectivity index (χ3n) is 3.35. The van der Waals surface area contributed by atoms with E-state index in [1.54, 1.807) is 7.11 Å². The molecule has 2 aromatic rings. The van der Waals surface area contributed by atoms with E-state index in [0.717, 1.165) is 28.4 Å². The molecule has 0 spiro atoms. The highest BCUT2D eigenvalue weighted by Gasteiger charge is 2.12. The van der Waals surface area contributed by atoms with E-state index in [1.807, 2.05) is 6.07 Å². The topological polar surface area (TPSA) is 9.23 Å². The highest BCUT2D eigenvalue weighted by atomic mass is 79.9. The highest BCUT2D eigenvalue weighted by molar-refractivity contribution is 9.10. The largest absolute Gasteiger partial charge is 0.497 e. The zero-order chi connectivity index (χ0) is 14.4. The van der Waals surface area contributed by atoms with Gasteiger partial charge in [0.15, 0.2) is 0 Å². The molecule has 0 fully saturated rings. The second-order valence-electron chi connectivity index (χ2n) is 4.87. The fourth-order valence-corrected chi connectivity index (χ4v) is 3.14. The third kappa shape index (κ3) is 4.35. The number of ether oxygens (including phenoxy) is 1. The van der Waals surface area contributed by atoms with Gasteiger partial charge in [0.2, 0.25) is 0 Å². The molecule has 0 N–H and O–H groups in total. The fourth-order valence-electron chi connectivity index (χ4n) is 2.27. The van der Waals surface area contributed by atoms with Gasteiger partial charge in [-0.25, -0.2) is 0 Å². The van der Waals surface area contributed by atoms with Gasteiger partial charge < -0.3 is 4.74 Å². The lowest BCUT2D eigenvalue weighted by molar-refractivity contribution is 0.413. The first-order valence-electron chi connectivity index (χ1n) is 6.65. The summed E-state index contributed by atoms with van der Waals surface area (Å²) in [4.78, 5) is 0. The van der Waals surface area contributed by atoms with Crippen LogP contribution in [0.15, 0.2) is 53.0 Å². The first-order valence-corrected chi connectivity index (χ1v) is 8.56. The van der Waals surface area contributed by atoms with Gasteiger partial charge in [-0.15, -0.1) is 0 Å². The van der Waals surface area contributed by atoms with Gasteiger partial charge in [-0.2, -0.15) is 0 Å². The van der Waals surface area contributed by atoms with Crippen molar-refractivity contribution in [2.24, 2.45) is 5.92 Å². The van der Waals surface area contributed by atoms with E-state index in [0.29, 0.717) is 5.92 Å². The molecule has 106 valence electrons. The van der Waals surface area contributed by atoms with Gasteiger partial charge in [0.25, 0.3) is 0 Å². The number of benzene rings is 2. The summed E-state index contributed by atoms with van der Waals surface area (Å²) in [6.07, 6.45) is 2.10. The molecule has 0 bridgehead atoms. The summed E-state index contributed by atoms with van der Waals surface area (Å²) in [6, 6.07) is 16.8. The molecule has 2 rings (SSSR count). The molecular formula is C17H18Br2O. The standard InChI is InChI=1S/C17H18Br2O/c1-20-16-7-8-17(19)15(11-16)10-14(12-18)9-13-5-3-2-4-6-13/h2-8,11,14H,9-10,12H2,1H3. The number of methoxy groups -OCH3 is 1. The first kappa shape index (κ1) is 15.6.